The van der Waals surface area contributed by atoms with E-state index in [1.807, 2.05) is 0 Å². The van der Waals surface area contributed by atoms with Gasteiger partial charge in [-0.3, -0.25) is 0 Å². The van der Waals surface area contributed by atoms with Crippen LogP contribution in [0.4, 0.5) is 51.2 Å². The summed E-state index contributed by atoms with van der Waals surface area (Å²) in [5.41, 5.74) is 19.8. The second kappa shape index (κ2) is 12.9. The number of rotatable bonds is 5. The molecule has 59 heavy (non-hydrogen) atoms. The monoisotopic (exact) mass is 753 g/mol. The van der Waals surface area contributed by atoms with Crippen LogP contribution in [0, 0.1) is 0 Å². The second-order valence-corrected chi connectivity index (χ2v) is 16.5. The average molecular weight is 754 g/mol. The average Bonchev–Trinajstić information content (AvgIpc) is 3.51. The van der Waals surface area contributed by atoms with Crippen molar-refractivity contribution in [1.29, 1.82) is 0 Å². The Morgan fingerprint density at radius 1 is 0.424 bits per heavy atom. The van der Waals surface area contributed by atoms with E-state index in [4.69, 9.17) is 0 Å². The molecule has 1 aliphatic carbocycles. The van der Waals surface area contributed by atoms with Crippen LogP contribution < -0.4 is 31.1 Å². The molecule has 278 valence electrons. The highest BCUT2D eigenvalue weighted by Gasteiger charge is 2.46. The van der Waals surface area contributed by atoms with Gasteiger partial charge in [0.2, 0.25) is 0 Å². The number of benzene rings is 9. The summed E-state index contributed by atoms with van der Waals surface area (Å²) in [5, 5.41) is 2.51. The van der Waals surface area contributed by atoms with Gasteiger partial charge >= 0.3 is 0 Å². The zero-order valence-electron chi connectivity index (χ0n) is 33.0. The summed E-state index contributed by atoms with van der Waals surface area (Å²) in [6.45, 7) is 4.92. The van der Waals surface area contributed by atoms with Crippen LogP contribution in [0.3, 0.4) is 0 Å². The molecular weight excluding hydrogens is 713 g/mol. The van der Waals surface area contributed by atoms with E-state index in [-0.39, 0.29) is 12.1 Å². The first kappa shape index (κ1) is 33.8. The molecule has 2 heterocycles. The molecular formula is C55H40BN3. The van der Waals surface area contributed by atoms with Crippen LogP contribution in [0.25, 0.3) is 21.9 Å². The predicted octanol–water partition coefficient (Wildman–Crippen LogP) is 12.7. The van der Waals surface area contributed by atoms with Gasteiger partial charge in [-0.2, -0.15) is 0 Å². The fourth-order valence-corrected chi connectivity index (χ4v) is 10.4. The molecule has 0 fully saturated rings. The lowest BCUT2D eigenvalue weighted by molar-refractivity contribution is 0.661. The molecule has 2 aliphatic heterocycles. The molecule has 3 aliphatic rings. The summed E-state index contributed by atoms with van der Waals surface area (Å²) in [6.07, 6.45) is 0. The number of nitrogens with zero attached hydrogens (tertiary/aromatic N) is 3. The maximum absolute atomic E-state index is 2.58. The summed E-state index contributed by atoms with van der Waals surface area (Å²) < 4.78 is 0. The van der Waals surface area contributed by atoms with Crippen LogP contribution in [-0.4, -0.2) is 6.71 Å². The number of anilines is 9. The van der Waals surface area contributed by atoms with Gasteiger partial charge in [-0.05, 0) is 123 Å². The summed E-state index contributed by atoms with van der Waals surface area (Å²) >= 11 is 0. The number of hydrogen-bond donors (Lipinski definition) is 0. The summed E-state index contributed by atoms with van der Waals surface area (Å²) in [5.74, 6) is 0. The Morgan fingerprint density at radius 3 is 1.56 bits per heavy atom. The minimum absolute atomic E-state index is 0.0519. The molecule has 0 radical (unpaired) electrons. The first-order chi connectivity index (χ1) is 29.1. The van der Waals surface area contributed by atoms with E-state index >= 15 is 0 Å². The summed E-state index contributed by atoms with van der Waals surface area (Å²) in [4.78, 5) is 7.42. The molecule has 0 saturated heterocycles. The third kappa shape index (κ3) is 4.90. The molecule has 0 amide bonds. The Labute approximate surface area is 346 Å². The van der Waals surface area contributed by atoms with Crippen molar-refractivity contribution < 1.29 is 0 Å². The van der Waals surface area contributed by atoms with Crippen LogP contribution in [-0.2, 0) is 5.41 Å². The van der Waals surface area contributed by atoms with Gasteiger partial charge in [0.25, 0.3) is 6.71 Å². The fraction of sp³-hybridized carbons (Fsp3) is 0.0545. The zero-order valence-corrected chi connectivity index (χ0v) is 33.0. The van der Waals surface area contributed by atoms with Gasteiger partial charge in [0.15, 0.2) is 0 Å². The first-order valence-electron chi connectivity index (χ1n) is 20.7. The smallest absolute Gasteiger partial charge is 0.252 e. The van der Waals surface area contributed by atoms with Gasteiger partial charge in [-0.1, -0.05) is 141 Å². The third-order valence-electron chi connectivity index (χ3n) is 13.0. The van der Waals surface area contributed by atoms with Crippen LogP contribution in [0.15, 0.2) is 206 Å². The maximum atomic E-state index is 2.58. The highest BCUT2D eigenvalue weighted by molar-refractivity contribution is 7.00. The van der Waals surface area contributed by atoms with Crippen molar-refractivity contribution in [3.05, 3.63) is 217 Å². The van der Waals surface area contributed by atoms with Crippen molar-refractivity contribution in [2.24, 2.45) is 0 Å². The summed E-state index contributed by atoms with van der Waals surface area (Å²) in [6, 6.07) is 75.9. The lowest BCUT2D eigenvalue weighted by atomic mass is 9.33. The van der Waals surface area contributed by atoms with E-state index in [0.29, 0.717) is 0 Å². The van der Waals surface area contributed by atoms with Gasteiger partial charge in [-0.25, -0.2) is 0 Å². The van der Waals surface area contributed by atoms with E-state index in [2.05, 4.69) is 235 Å². The Morgan fingerprint density at radius 2 is 0.932 bits per heavy atom. The Kier molecular flexibility index (Phi) is 7.37. The van der Waals surface area contributed by atoms with Crippen molar-refractivity contribution in [3.8, 4) is 11.1 Å². The van der Waals surface area contributed by atoms with Crippen LogP contribution in [0.2, 0.25) is 0 Å². The largest absolute Gasteiger partial charge is 0.311 e. The zero-order chi connectivity index (χ0) is 39.2. The molecule has 0 bridgehead atoms. The molecule has 4 heteroatoms. The van der Waals surface area contributed by atoms with E-state index in [1.165, 1.54) is 77.9 Å². The Hall–Kier alpha value is -7.30. The normalized spacial score (nSPS) is 14.0. The van der Waals surface area contributed by atoms with E-state index < -0.39 is 0 Å². The minimum Gasteiger partial charge on any atom is -0.311 e. The van der Waals surface area contributed by atoms with Gasteiger partial charge in [0.05, 0.1) is 5.69 Å². The maximum Gasteiger partial charge on any atom is 0.252 e. The minimum atomic E-state index is -0.279. The van der Waals surface area contributed by atoms with Crippen LogP contribution in [0.1, 0.15) is 25.0 Å². The van der Waals surface area contributed by atoms with Crippen molar-refractivity contribution in [2.75, 3.05) is 14.7 Å². The highest BCUT2D eigenvalue weighted by Crippen LogP contribution is 2.56. The van der Waals surface area contributed by atoms with Crippen molar-refractivity contribution >= 4 is 85.1 Å². The van der Waals surface area contributed by atoms with Crippen LogP contribution in [0.5, 0.6) is 0 Å². The van der Waals surface area contributed by atoms with Gasteiger partial charge < -0.3 is 14.7 Å². The van der Waals surface area contributed by atoms with Crippen LogP contribution >= 0.6 is 0 Å². The summed E-state index contributed by atoms with van der Waals surface area (Å²) in [7, 11) is 0. The fourth-order valence-electron chi connectivity index (χ4n) is 10.4. The molecule has 0 atom stereocenters. The molecule has 0 N–H and O–H groups in total. The molecule has 0 saturated carbocycles. The third-order valence-corrected chi connectivity index (χ3v) is 13.0. The number of para-hydroxylation sites is 5. The number of fused-ring (bicyclic) bond motifs is 9. The Bertz CT molecular complexity index is 3050. The van der Waals surface area contributed by atoms with Gasteiger partial charge in [-0.15, -0.1) is 0 Å². The van der Waals surface area contributed by atoms with E-state index in [1.54, 1.807) is 0 Å². The van der Waals surface area contributed by atoms with E-state index in [0.717, 1.165) is 22.7 Å². The van der Waals surface area contributed by atoms with Crippen molar-refractivity contribution in [3.63, 3.8) is 0 Å². The second-order valence-electron chi connectivity index (χ2n) is 16.5. The highest BCUT2D eigenvalue weighted by atomic mass is 15.2. The molecule has 0 aromatic heterocycles. The molecule has 3 nitrogen and oxygen atoms in total. The van der Waals surface area contributed by atoms with Gasteiger partial charge in [0.1, 0.15) is 0 Å². The lowest BCUT2D eigenvalue weighted by Crippen LogP contribution is -2.61. The molecule has 12 rings (SSSR count). The Balaban J connectivity index is 1.14. The number of hydrogen-bond acceptors (Lipinski definition) is 3. The predicted molar refractivity (Wildman–Crippen MR) is 250 cm³/mol. The quantitative estimate of drug-likeness (QED) is 0.162. The SMILES string of the molecule is CC1(C)c2cc3c(cc2-c2c1cc(N(c1ccccc1)c1ccccc1)c1ccccc21)N(c1ccccc1)c1cccc2c1B3c1ccccc1N2c1ccccc1. The topological polar surface area (TPSA) is 9.72 Å². The van der Waals surface area contributed by atoms with E-state index in [9.17, 15) is 0 Å². The van der Waals surface area contributed by atoms with Crippen molar-refractivity contribution in [2.45, 2.75) is 19.3 Å². The molecule has 9 aromatic carbocycles. The molecule has 0 spiro atoms. The lowest BCUT2D eigenvalue weighted by Gasteiger charge is -2.44. The molecule has 0 unspecified atom stereocenters. The first-order valence-corrected chi connectivity index (χ1v) is 20.7. The van der Waals surface area contributed by atoms with Crippen molar-refractivity contribution in [1.82, 2.24) is 0 Å². The standard InChI is InChI=1S/C55H40BN3/c1-55(2)44-35-47-52(34-43(44)53-42-29-16-15-28-41(42)51(36-45(53)55)57(37-20-7-3-8-21-37)38-22-9-4-10-23-38)59(40-26-13-6-14-27-40)50-33-19-32-49-54(50)56(47)46-30-17-18-31-48(46)58(49)39-24-11-5-12-25-39/h3-36H,1-2H3. The van der Waals surface area contributed by atoms with Gasteiger partial charge in [0, 0.05) is 56.3 Å². The molecule has 9 aromatic rings.